The highest BCUT2D eigenvalue weighted by Crippen LogP contribution is 2.57. The second-order valence-corrected chi connectivity index (χ2v) is 6.22. The second kappa shape index (κ2) is 2.21. The van der Waals surface area contributed by atoms with Gasteiger partial charge in [-0.15, -0.1) is 0 Å². The molecule has 4 fully saturated rings. The third-order valence-electron chi connectivity index (χ3n) is 4.31. The minimum atomic E-state index is 0.395. The summed E-state index contributed by atoms with van der Waals surface area (Å²) in [6, 6.07) is 0.516. The molecule has 1 nitrogen and oxygen atoms in total. The lowest BCUT2D eigenvalue weighted by atomic mass is 9.54. The molecular weight excluding hydrogens is 166 g/mol. The first kappa shape index (κ1) is 7.69. The van der Waals surface area contributed by atoms with Crippen molar-refractivity contribution < 1.29 is 0 Å². The first-order valence-corrected chi connectivity index (χ1v) is 5.59. The predicted octanol–water partition coefficient (Wildman–Crippen LogP) is 1.82. The average Bonchev–Trinajstić information content (AvgIpc) is 1.96. The van der Waals surface area contributed by atoms with E-state index < -0.39 is 0 Å². The zero-order valence-electron chi connectivity index (χ0n) is 7.37. The highest BCUT2D eigenvalue weighted by Gasteiger charge is 2.52. The van der Waals surface area contributed by atoms with Crippen molar-refractivity contribution in [2.75, 3.05) is 0 Å². The van der Waals surface area contributed by atoms with Gasteiger partial charge in [-0.25, -0.2) is 0 Å². The van der Waals surface area contributed by atoms with Gasteiger partial charge in [-0.3, -0.25) is 0 Å². The Morgan fingerprint density at radius 1 is 1.08 bits per heavy atom. The van der Waals surface area contributed by atoms with Crippen molar-refractivity contribution in [1.82, 2.24) is 0 Å². The molecule has 2 N–H and O–H groups in total. The summed E-state index contributed by atoms with van der Waals surface area (Å²) in [4.78, 5) is 0. The molecule has 0 saturated heterocycles. The standard InChI is InChI=1S/C10H17NS/c11-9-7-1-6-2-8(9)5-10(12,3-6)4-7/h6-9,12H,1-5,11H2. The van der Waals surface area contributed by atoms with Gasteiger partial charge in [0.25, 0.3) is 0 Å². The van der Waals surface area contributed by atoms with E-state index in [1.165, 1.54) is 32.1 Å². The van der Waals surface area contributed by atoms with E-state index in [-0.39, 0.29) is 0 Å². The highest BCUT2D eigenvalue weighted by atomic mass is 32.1. The van der Waals surface area contributed by atoms with Crippen LogP contribution in [0.25, 0.3) is 0 Å². The van der Waals surface area contributed by atoms with Gasteiger partial charge in [0, 0.05) is 10.8 Å². The molecule has 12 heavy (non-hydrogen) atoms. The Balaban J connectivity index is 1.95. The van der Waals surface area contributed by atoms with Crippen LogP contribution in [0.3, 0.4) is 0 Å². The smallest absolute Gasteiger partial charge is 0.0139 e. The van der Waals surface area contributed by atoms with Crippen molar-refractivity contribution in [2.45, 2.75) is 42.9 Å². The molecule has 0 radical (unpaired) electrons. The monoisotopic (exact) mass is 183 g/mol. The maximum absolute atomic E-state index is 6.19. The zero-order chi connectivity index (χ0) is 8.34. The normalized spacial score (nSPS) is 62.5. The van der Waals surface area contributed by atoms with Crippen molar-refractivity contribution in [3.63, 3.8) is 0 Å². The van der Waals surface area contributed by atoms with E-state index in [2.05, 4.69) is 0 Å². The van der Waals surface area contributed by atoms with Gasteiger partial charge in [-0.2, -0.15) is 12.6 Å². The maximum atomic E-state index is 6.19. The van der Waals surface area contributed by atoms with E-state index in [1.54, 1.807) is 0 Å². The van der Waals surface area contributed by atoms with Crippen LogP contribution >= 0.6 is 12.6 Å². The first-order chi connectivity index (χ1) is 5.66. The molecule has 0 aliphatic heterocycles. The zero-order valence-corrected chi connectivity index (χ0v) is 8.26. The SMILES string of the molecule is NC1C2CC3CC1CC(S)(C3)C2. The van der Waals surface area contributed by atoms with Gasteiger partial charge in [-0.05, 0) is 49.9 Å². The summed E-state index contributed by atoms with van der Waals surface area (Å²) in [5.41, 5.74) is 6.19. The molecule has 0 aromatic carbocycles. The van der Waals surface area contributed by atoms with Crippen molar-refractivity contribution in [2.24, 2.45) is 23.5 Å². The van der Waals surface area contributed by atoms with E-state index in [9.17, 15) is 0 Å². The fourth-order valence-corrected chi connectivity index (χ4v) is 4.75. The summed E-state index contributed by atoms with van der Waals surface area (Å²) in [7, 11) is 0. The van der Waals surface area contributed by atoms with Gasteiger partial charge in [-0.1, -0.05) is 0 Å². The Kier molecular flexibility index (Phi) is 1.42. The molecule has 4 saturated carbocycles. The molecule has 0 heterocycles. The molecule has 2 atom stereocenters. The summed E-state index contributed by atoms with van der Waals surface area (Å²) in [6.07, 6.45) is 6.77. The molecule has 4 bridgehead atoms. The Hall–Kier alpha value is 0.310. The molecule has 4 rings (SSSR count). The van der Waals surface area contributed by atoms with E-state index in [1.807, 2.05) is 0 Å². The van der Waals surface area contributed by atoms with Gasteiger partial charge < -0.3 is 5.73 Å². The van der Waals surface area contributed by atoms with Gasteiger partial charge in [0.05, 0.1) is 0 Å². The van der Waals surface area contributed by atoms with Crippen LogP contribution in [0.4, 0.5) is 0 Å². The van der Waals surface area contributed by atoms with Crippen LogP contribution in [0.5, 0.6) is 0 Å². The van der Waals surface area contributed by atoms with Crippen LogP contribution in [-0.4, -0.2) is 10.8 Å². The lowest BCUT2D eigenvalue weighted by molar-refractivity contribution is 0.0184. The molecule has 2 heteroatoms. The second-order valence-electron chi connectivity index (χ2n) is 5.27. The summed E-state index contributed by atoms with van der Waals surface area (Å²) >= 11 is 4.84. The minimum Gasteiger partial charge on any atom is -0.327 e. The van der Waals surface area contributed by atoms with Crippen molar-refractivity contribution in [3.8, 4) is 0 Å². The van der Waals surface area contributed by atoms with Crippen LogP contribution in [0.2, 0.25) is 0 Å². The minimum absolute atomic E-state index is 0.395. The van der Waals surface area contributed by atoms with Gasteiger partial charge in [0.15, 0.2) is 0 Å². The first-order valence-electron chi connectivity index (χ1n) is 5.14. The quantitative estimate of drug-likeness (QED) is 0.550. The molecule has 68 valence electrons. The third kappa shape index (κ3) is 0.912. The van der Waals surface area contributed by atoms with Gasteiger partial charge in [0.1, 0.15) is 0 Å². The predicted molar refractivity (Wildman–Crippen MR) is 53.2 cm³/mol. The van der Waals surface area contributed by atoms with Gasteiger partial charge >= 0.3 is 0 Å². The van der Waals surface area contributed by atoms with E-state index in [0.717, 1.165) is 17.8 Å². The number of nitrogens with two attached hydrogens (primary N) is 1. The fourth-order valence-electron chi connectivity index (χ4n) is 4.02. The number of thiol groups is 1. The largest absolute Gasteiger partial charge is 0.327 e. The molecule has 4 aliphatic carbocycles. The molecular formula is C10H17NS. The Morgan fingerprint density at radius 3 is 2.17 bits per heavy atom. The van der Waals surface area contributed by atoms with Crippen LogP contribution in [0, 0.1) is 17.8 Å². The van der Waals surface area contributed by atoms with Crippen molar-refractivity contribution in [3.05, 3.63) is 0 Å². The number of rotatable bonds is 0. The Labute approximate surface area is 79.5 Å². The summed E-state index contributed by atoms with van der Waals surface area (Å²) in [5.74, 6) is 2.60. The lowest BCUT2D eigenvalue weighted by Gasteiger charge is -2.57. The summed E-state index contributed by atoms with van der Waals surface area (Å²) in [6.45, 7) is 0. The fraction of sp³-hybridized carbons (Fsp3) is 1.00. The molecule has 4 aliphatic rings. The average molecular weight is 183 g/mol. The lowest BCUT2D eigenvalue weighted by Crippen LogP contribution is -2.57. The maximum Gasteiger partial charge on any atom is 0.0139 e. The van der Waals surface area contributed by atoms with E-state index >= 15 is 0 Å². The third-order valence-corrected chi connectivity index (χ3v) is 4.86. The Morgan fingerprint density at radius 2 is 1.67 bits per heavy atom. The van der Waals surface area contributed by atoms with Crippen LogP contribution in [0.15, 0.2) is 0 Å². The molecule has 0 aromatic rings. The number of hydrogen-bond donors (Lipinski definition) is 2. The molecule has 0 aromatic heterocycles. The van der Waals surface area contributed by atoms with Crippen LogP contribution in [0.1, 0.15) is 32.1 Å². The van der Waals surface area contributed by atoms with Gasteiger partial charge in [0.2, 0.25) is 0 Å². The molecule has 0 amide bonds. The topological polar surface area (TPSA) is 26.0 Å². The summed E-state index contributed by atoms with van der Waals surface area (Å²) in [5, 5.41) is 0. The van der Waals surface area contributed by atoms with Crippen molar-refractivity contribution >= 4 is 12.6 Å². The number of hydrogen-bond acceptors (Lipinski definition) is 2. The summed E-state index contributed by atoms with van der Waals surface area (Å²) < 4.78 is 0.395. The van der Waals surface area contributed by atoms with Crippen LogP contribution < -0.4 is 5.73 Å². The van der Waals surface area contributed by atoms with Crippen molar-refractivity contribution in [1.29, 1.82) is 0 Å². The Bertz CT molecular complexity index is 200. The molecule has 2 unspecified atom stereocenters. The van der Waals surface area contributed by atoms with E-state index in [0.29, 0.717) is 10.8 Å². The van der Waals surface area contributed by atoms with Crippen LogP contribution in [-0.2, 0) is 0 Å². The molecule has 0 spiro atoms. The van der Waals surface area contributed by atoms with E-state index in [4.69, 9.17) is 18.4 Å². The highest BCUT2D eigenvalue weighted by molar-refractivity contribution is 7.81.